The van der Waals surface area contributed by atoms with Crippen molar-refractivity contribution < 1.29 is 9.90 Å². The second-order valence-electron chi connectivity index (χ2n) is 7.63. The van der Waals surface area contributed by atoms with Gasteiger partial charge in [-0.25, -0.2) is 0 Å². The number of carboxylic acids is 1. The molecule has 1 aliphatic rings. The first kappa shape index (κ1) is 20.7. The molecule has 2 nitrogen and oxygen atoms in total. The molecule has 1 unspecified atom stereocenters. The van der Waals surface area contributed by atoms with E-state index in [4.69, 9.17) is 5.11 Å². The predicted octanol–water partition coefficient (Wildman–Crippen LogP) is 6.54. The Hall–Kier alpha value is -1.31. The first-order valence-corrected chi connectivity index (χ1v) is 9.65. The van der Waals surface area contributed by atoms with Crippen LogP contribution in [0.15, 0.2) is 36.0 Å². The van der Waals surface area contributed by atoms with E-state index in [2.05, 4.69) is 51.2 Å². The van der Waals surface area contributed by atoms with Gasteiger partial charge in [0.1, 0.15) is 0 Å². The minimum Gasteiger partial charge on any atom is -0.481 e. The summed E-state index contributed by atoms with van der Waals surface area (Å²) in [6.45, 7) is 6.66. The summed E-state index contributed by atoms with van der Waals surface area (Å²) in [6, 6.07) is 0. The van der Waals surface area contributed by atoms with Gasteiger partial charge < -0.3 is 5.11 Å². The number of aliphatic carboxylic acids is 1. The average Bonchev–Trinajstić information content (AvgIpc) is 2.96. The van der Waals surface area contributed by atoms with Gasteiger partial charge >= 0.3 is 5.97 Å². The van der Waals surface area contributed by atoms with E-state index in [9.17, 15) is 4.79 Å². The Bertz CT molecular complexity index is 441. The highest BCUT2D eigenvalue weighted by Gasteiger charge is 2.23. The highest BCUT2D eigenvalue weighted by Crippen LogP contribution is 2.35. The van der Waals surface area contributed by atoms with Crippen molar-refractivity contribution >= 4 is 5.97 Å². The van der Waals surface area contributed by atoms with Crippen LogP contribution in [0, 0.1) is 17.8 Å². The first-order chi connectivity index (χ1) is 11.5. The minimum absolute atomic E-state index is 0.282. The summed E-state index contributed by atoms with van der Waals surface area (Å²) in [6.07, 6.45) is 21.1. The lowest BCUT2D eigenvalue weighted by atomic mass is 9.91. The molecule has 3 atom stereocenters. The maximum absolute atomic E-state index is 10.5. The van der Waals surface area contributed by atoms with Crippen LogP contribution in [0.2, 0.25) is 0 Å². The van der Waals surface area contributed by atoms with E-state index in [-0.39, 0.29) is 6.42 Å². The van der Waals surface area contributed by atoms with Crippen LogP contribution in [0.1, 0.15) is 78.6 Å². The molecule has 0 aromatic rings. The normalized spacial score (nSPS) is 22.3. The molecule has 1 aliphatic carbocycles. The molecule has 24 heavy (non-hydrogen) atoms. The van der Waals surface area contributed by atoms with Gasteiger partial charge in [-0.05, 0) is 76.5 Å². The van der Waals surface area contributed by atoms with Gasteiger partial charge in [0.2, 0.25) is 0 Å². The Morgan fingerprint density at radius 1 is 1.17 bits per heavy atom. The van der Waals surface area contributed by atoms with Crippen LogP contribution in [0.25, 0.3) is 0 Å². The van der Waals surface area contributed by atoms with Crippen LogP contribution in [0.4, 0.5) is 0 Å². The minimum atomic E-state index is -0.691. The lowest BCUT2D eigenvalue weighted by Crippen LogP contribution is -2.04. The molecule has 1 saturated carbocycles. The standard InChI is InChI=1S/C22H36O2/c1-18(2)16-17-19(3)10-8-12-21-14-9-13-20(21)11-6-4-5-7-15-22(23)24/h4,6,8,12,16,19-21H,5,7,9-11,13-15,17H2,1-3H3,(H,23,24)/t19?,20-,21-/m0/s1. The molecule has 0 amide bonds. The van der Waals surface area contributed by atoms with E-state index < -0.39 is 5.97 Å². The quantitative estimate of drug-likeness (QED) is 0.344. The Labute approximate surface area is 148 Å². The molecule has 1 rings (SSSR count). The van der Waals surface area contributed by atoms with Gasteiger partial charge in [0.25, 0.3) is 0 Å². The SMILES string of the molecule is CC(C)=CCC(C)CC=C[C@H]1CCC[C@@H]1CC=CCCCC(=O)O. The zero-order valence-electron chi connectivity index (χ0n) is 15.8. The van der Waals surface area contributed by atoms with Crippen LogP contribution < -0.4 is 0 Å². The number of carboxylic acid groups (broad SMARTS) is 1. The van der Waals surface area contributed by atoms with Gasteiger partial charge in [0.05, 0.1) is 0 Å². The maximum Gasteiger partial charge on any atom is 0.303 e. The zero-order chi connectivity index (χ0) is 17.8. The third-order valence-corrected chi connectivity index (χ3v) is 4.93. The van der Waals surface area contributed by atoms with Gasteiger partial charge in [-0.3, -0.25) is 4.79 Å². The summed E-state index contributed by atoms with van der Waals surface area (Å²) < 4.78 is 0. The van der Waals surface area contributed by atoms with E-state index >= 15 is 0 Å². The van der Waals surface area contributed by atoms with Crippen molar-refractivity contribution in [3.63, 3.8) is 0 Å². The van der Waals surface area contributed by atoms with Crippen LogP contribution in [0.5, 0.6) is 0 Å². The Kier molecular flexibility index (Phi) is 10.5. The molecular formula is C22H36O2. The second kappa shape index (κ2) is 12.1. The van der Waals surface area contributed by atoms with E-state index in [1.165, 1.54) is 37.7 Å². The molecule has 0 aromatic heterocycles. The highest BCUT2D eigenvalue weighted by atomic mass is 16.4. The Morgan fingerprint density at radius 3 is 2.67 bits per heavy atom. The average molecular weight is 333 g/mol. The molecule has 1 N–H and O–H groups in total. The largest absolute Gasteiger partial charge is 0.481 e. The van der Waals surface area contributed by atoms with Crippen molar-refractivity contribution in [2.45, 2.75) is 78.6 Å². The number of hydrogen-bond acceptors (Lipinski definition) is 1. The maximum atomic E-state index is 10.5. The third kappa shape index (κ3) is 9.75. The van der Waals surface area contributed by atoms with Crippen LogP contribution in [0.3, 0.4) is 0 Å². The van der Waals surface area contributed by atoms with Crippen LogP contribution in [-0.4, -0.2) is 11.1 Å². The molecule has 0 radical (unpaired) electrons. The van der Waals surface area contributed by atoms with Crippen molar-refractivity contribution in [2.24, 2.45) is 17.8 Å². The zero-order valence-corrected chi connectivity index (χ0v) is 15.8. The lowest BCUT2D eigenvalue weighted by Gasteiger charge is -2.14. The molecule has 0 heterocycles. The van der Waals surface area contributed by atoms with Crippen LogP contribution in [-0.2, 0) is 4.79 Å². The number of unbranched alkanes of at least 4 members (excludes halogenated alkanes) is 1. The number of carbonyl (C=O) groups is 1. The fourth-order valence-electron chi connectivity index (χ4n) is 3.39. The van der Waals surface area contributed by atoms with Crippen molar-refractivity contribution in [2.75, 3.05) is 0 Å². The van der Waals surface area contributed by atoms with Gasteiger partial charge in [0, 0.05) is 6.42 Å². The molecule has 0 saturated heterocycles. The number of hydrogen-bond donors (Lipinski definition) is 1. The van der Waals surface area contributed by atoms with E-state index in [0.717, 1.165) is 37.0 Å². The number of allylic oxidation sites excluding steroid dienone is 6. The summed E-state index contributed by atoms with van der Waals surface area (Å²) in [4.78, 5) is 10.5. The van der Waals surface area contributed by atoms with Crippen molar-refractivity contribution in [1.82, 2.24) is 0 Å². The molecule has 0 spiro atoms. The van der Waals surface area contributed by atoms with Gasteiger partial charge in [-0.15, -0.1) is 0 Å². The van der Waals surface area contributed by atoms with E-state index in [1.54, 1.807) is 0 Å². The summed E-state index contributed by atoms with van der Waals surface area (Å²) in [7, 11) is 0. The van der Waals surface area contributed by atoms with Crippen molar-refractivity contribution in [1.29, 1.82) is 0 Å². The molecule has 0 bridgehead atoms. The van der Waals surface area contributed by atoms with Gasteiger partial charge in [-0.1, -0.05) is 49.3 Å². The molecule has 2 heteroatoms. The predicted molar refractivity (Wildman–Crippen MR) is 103 cm³/mol. The lowest BCUT2D eigenvalue weighted by molar-refractivity contribution is -0.137. The number of rotatable bonds is 11. The first-order valence-electron chi connectivity index (χ1n) is 9.65. The van der Waals surface area contributed by atoms with Crippen LogP contribution >= 0.6 is 0 Å². The summed E-state index contributed by atoms with van der Waals surface area (Å²) in [5.41, 5.74) is 1.41. The molecule has 1 fully saturated rings. The topological polar surface area (TPSA) is 37.3 Å². The fourth-order valence-corrected chi connectivity index (χ4v) is 3.39. The van der Waals surface area contributed by atoms with E-state index in [1.807, 2.05) is 0 Å². The molecule has 136 valence electrons. The monoisotopic (exact) mass is 332 g/mol. The third-order valence-electron chi connectivity index (χ3n) is 4.93. The Balaban J connectivity index is 2.27. The molecular weight excluding hydrogens is 296 g/mol. The summed E-state index contributed by atoms with van der Waals surface area (Å²) in [5, 5.41) is 8.62. The molecule has 0 aromatic carbocycles. The summed E-state index contributed by atoms with van der Waals surface area (Å²) >= 11 is 0. The van der Waals surface area contributed by atoms with E-state index in [0.29, 0.717) is 0 Å². The van der Waals surface area contributed by atoms with Gasteiger partial charge in [-0.2, -0.15) is 0 Å². The molecule has 0 aliphatic heterocycles. The van der Waals surface area contributed by atoms with Gasteiger partial charge in [0.15, 0.2) is 0 Å². The van der Waals surface area contributed by atoms with Crippen molar-refractivity contribution in [3.05, 3.63) is 36.0 Å². The Morgan fingerprint density at radius 2 is 1.96 bits per heavy atom. The smallest absolute Gasteiger partial charge is 0.303 e. The highest BCUT2D eigenvalue weighted by molar-refractivity contribution is 5.66. The summed E-state index contributed by atoms with van der Waals surface area (Å²) in [5.74, 6) is 1.56. The second-order valence-corrected chi connectivity index (χ2v) is 7.63. The fraction of sp³-hybridized carbons (Fsp3) is 0.682. The van der Waals surface area contributed by atoms with Crippen molar-refractivity contribution in [3.8, 4) is 0 Å².